The minimum absolute atomic E-state index is 1.01. The fraction of sp³-hybridized carbons (Fsp3) is 0.625. The van der Waals surface area contributed by atoms with Gasteiger partial charge in [0.2, 0.25) is 0 Å². The molecule has 0 atom stereocenters. The van der Waals surface area contributed by atoms with E-state index in [2.05, 4.69) is 22.4 Å². The Morgan fingerprint density at radius 3 is 3.27 bits per heavy atom. The second kappa shape index (κ2) is 2.57. The van der Waals surface area contributed by atoms with Gasteiger partial charge in [0.05, 0.1) is 17.1 Å². The fourth-order valence-electron chi connectivity index (χ4n) is 1.54. The van der Waals surface area contributed by atoms with Gasteiger partial charge in [-0.25, -0.2) is 0 Å². The van der Waals surface area contributed by atoms with Crippen LogP contribution in [0.15, 0.2) is 0 Å². The highest BCUT2D eigenvalue weighted by Crippen LogP contribution is 2.23. The van der Waals surface area contributed by atoms with E-state index in [1.165, 1.54) is 23.5 Å². The molecule has 1 aromatic rings. The number of aromatic nitrogens is 2. The Balaban J connectivity index is 2.38. The van der Waals surface area contributed by atoms with Gasteiger partial charge in [0.1, 0.15) is 0 Å². The number of rotatable bonds is 1. The van der Waals surface area contributed by atoms with E-state index in [0.717, 1.165) is 19.4 Å². The van der Waals surface area contributed by atoms with Crippen molar-refractivity contribution >= 4 is 5.69 Å². The molecule has 0 aliphatic carbocycles. The average molecular weight is 151 g/mol. The maximum atomic E-state index is 4.23. The first-order chi connectivity index (χ1) is 5.42. The third-order valence-electron chi connectivity index (χ3n) is 2.16. The molecule has 0 radical (unpaired) electrons. The summed E-state index contributed by atoms with van der Waals surface area (Å²) in [5, 5.41) is 10.7. The van der Waals surface area contributed by atoms with Crippen LogP contribution in [-0.4, -0.2) is 16.7 Å². The largest absolute Gasteiger partial charge is 0.382 e. The van der Waals surface area contributed by atoms with Gasteiger partial charge in [0.15, 0.2) is 0 Å². The van der Waals surface area contributed by atoms with E-state index in [1.807, 2.05) is 0 Å². The molecule has 2 N–H and O–H groups in total. The molecule has 0 spiro atoms. The van der Waals surface area contributed by atoms with E-state index < -0.39 is 0 Å². The van der Waals surface area contributed by atoms with Gasteiger partial charge in [-0.3, -0.25) is 5.10 Å². The molecule has 0 bridgehead atoms. The van der Waals surface area contributed by atoms with Crippen LogP contribution >= 0.6 is 0 Å². The summed E-state index contributed by atoms with van der Waals surface area (Å²) in [5.74, 6) is 0. The number of nitrogens with one attached hydrogen (secondary N) is 2. The van der Waals surface area contributed by atoms with Crippen molar-refractivity contribution in [2.45, 2.75) is 26.2 Å². The second-order valence-corrected chi connectivity index (χ2v) is 2.91. The number of aryl methyl sites for hydroxylation is 2. The first-order valence-corrected chi connectivity index (χ1v) is 4.21. The fourth-order valence-corrected chi connectivity index (χ4v) is 1.54. The minimum Gasteiger partial charge on any atom is -0.382 e. The average Bonchev–Trinajstić information content (AvgIpc) is 2.47. The van der Waals surface area contributed by atoms with Crippen LogP contribution in [0.2, 0.25) is 0 Å². The van der Waals surface area contributed by atoms with E-state index in [0.29, 0.717) is 0 Å². The molecule has 0 fully saturated rings. The molecule has 0 saturated heterocycles. The summed E-state index contributed by atoms with van der Waals surface area (Å²) < 4.78 is 0. The van der Waals surface area contributed by atoms with Crippen molar-refractivity contribution in [1.82, 2.24) is 10.2 Å². The van der Waals surface area contributed by atoms with Crippen LogP contribution in [0.4, 0.5) is 5.69 Å². The Kier molecular flexibility index (Phi) is 1.56. The quantitative estimate of drug-likeness (QED) is 0.635. The molecule has 60 valence electrons. The molecule has 1 aromatic heterocycles. The topological polar surface area (TPSA) is 40.7 Å². The highest BCUT2D eigenvalue weighted by Gasteiger charge is 2.14. The van der Waals surface area contributed by atoms with Gasteiger partial charge in [-0.15, -0.1) is 0 Å². The molecule has 0 aromatic carbocycles. The molecule has 1 aliphatic rings. The van der Waals surface area contributed by atoms with Crippen LogP contribution in [0.5, 0.6) is 0 Å². The van der Waals surface area contributed by atoms with Gasteiger partial charge >= 0.3 is 0 Å². The highest BCUT2D eigenvalue weighted by molar-refractivity contribution is 5.54. The monoisotopic (exact) mass is 151 g/mol. The Morgan fingerprint density at radius 1 is 1.55 bits per heavy atom. The van der Waals surface area contributed by atoms with Gasteiger partial charge in [-0.1, -0.05) is 6.92 Å². The van der Waals surface area contributed by atoms with Crippen LogP contribution in [0.3, 0.4) is 0 Å². The lowest BCUT2D eigenvalue weighted by Crippen LogP contribution is -2.11. The Morgan fingerprint density at radius 2 is 2.45 bits per heavy atom. The van der Waals surface area contributed by atoms with Crippen LogP contribution in [0, 0.1) is 0 Å². The Labute approximate surface area is 66.2 Å². The molecule has 0 saturated carbocycles. The van der Waals surface area contributed by atoms with Crippen LogP contribution in [-0.2, 0) is 12.8 Å². The molecular weight excluding hydrogens is 138 g/mol. The molecule has 3 nitrogen and oxygen atoms in total. The van der Waals surface area contributed by atoms with Crippen molar-refractivity contribution in [3.63, 3.8) is 0 Å². The number of hydrogen-bond donors (Lipinski definition) is 2. The Bertz CT molecular complexity index is 238. The van der Waals surface area contributed by atoms with Crippen molar-refractivity contribution in [2.75, 3.05) is 11.9 Å². The summed E-state index contributed by atoms with van der Waals surface area (Å²) in [7, 11) is 0. The third-order valence-corrected chi connectivity index (χ3v) is 2.16. The van der Waals surface area contributed by atoms with E-state index in [-0.39, 0.29) is 0 Å². The summed E-state index contributed by atoms with van der Waals surface area (Å²) in [4.78, 5) is 0. The van der Waals surface area contributed by atoms with Crippen LogP contribution in [0.25, 0.3) is 0 Å². The molecule has 0 amide bonds. The van der Waals surface area contributed by atoms with E-state index in [1.54, 1.807) is 0 Å². The summed E-state index contributed by atoms with van der Waals surface area (Å²) >= 11 is 0. The van der Waals surface area contributed by atoms with Crippen LogP contribution < -0.4 is 5.32 Å². The lowest BCUT2D eigenvalue weighted by Gasteiger charge is -2.13. The lowest BCUT2D eigenvalue weighted by molar-refractivity contribution is 0.801. The minimum atomic E-state index is 1.01. The smallest absolute Gasteiger partial charge is 0.0853 e. The Hall–Kier alpha value is -0.990. The van der Waals surface area contributed by atoms with Crippen LogP contribution in [0.1, 0.15) is 24.7 Å². The summed E-state index contributed by atoms with van der Waals surface area (Å²) in [5.41, 5.74) is 3.73. The zero-order valence-electron chi connectivity index (χ0n) is 6.78. The van der Waals surface area contributed by atoms with E-state index in [4.69, 9.17) is 0 Å². The predicted molar refractivity (Wildman–Crippen MR) is 44.8 cm³/mol. The molecule has 2 heterocycles. The predicted octanol–water partition coefficient (Wildman–Crippen LogP) is 1.33. The van der Waals surface area contributed by atoms with Gasteiger partial charge in [-0.2, -0.15) is 5.10 Å². The normalized spacial score (nSPS) is 15.7. The standard InChI is InChI=1S/C8H13N3/c1-2-6-8-7(11-10-6)4-3-5-9-8/h9H,2-5H2,1H3,(H,10,11). The van der Waals surface area contributed by atoms with Crippen molar-refractivity contribution in [3.8, 4) is 0 Å². The van der Waals surface area contributed by atoms with Crippen molar-refractivity contribution < 1.29 is 0 Å². The number of fused-ring (bicyclic) bond motifs is 1. The SMILES string of the molecule is CCc1n[nH]c2c1NCCC2. The lowest BCUT2D eigenvalue weighted by atomic mass is 10.1. The van der Waals surface area contributed by atoms with Crippen molar-refractivity contribution in [1.29, 1.82) is 0 Å². The number of hydrogen-bond acceptors (Lipinski definition) is 2. The van der Waals surface area contributed by atoms with Gasteiger partial charge < -0.3 is 5.32 Å². The molecule has 0 unspecified atom stereocenters. The van der Waals surface area contributed by atoms with E-state index >= 15 is 0 Å². The molecule has 2 rings (SSSR count). The maximum Gasteiger partial charge on any atom is 0.0853 e. The number of aromatic amines is 1. The van der Waals surface area contributed by atoms with Crippen molar-refractivity contribution in [2.24, 2.45) is 0 Å². The first kappa shape index (κ1) is 6.70. The number of anilines is 1. The van der Waals surface area contributed by atoms with E-state index in [9.17, 15) is 0 Å². The molecule has 3 heteroatoms. The van der Waals surface area contributed by atoms with Gasteiger partial charge in [0, 0.05) is 6.54 Å². The van der Waals surface area contributed by atoms with Gasteiger partial charge in [-0.05, 0) is 19.3 Å². The maximum absolute atomic E-state index is 4.23. The number of H-pyrrole nitrogens is 1. The molecule has 11 heavy (non-hydrogen) atoms. The zero-order chi connectivity index (χ0) is 7.68. The zero-order valence-corrected chi connectivity index (χ0v) is 6.78. The van der Waals surface area contributed by atoms with Crippen molar-refractivity contribution in [3.05, 3.63) is 11.4 Å². The third kappa shape index (κ3) is 1.00. The molecular formula is C8H13N3. The second-order valence-electron chi connectivity index (χ2n) is 2.91. The summed E-state index contributed by atoms with van der Waals surface area (Å²) in [6, 6.07) is 0. The molecule has 1 aliphatic heterocycles. The number of nitrogens with zero attached hydrogens (tertiary/aromatic N) is 1. The summed E-state index contributed by atoms with van der Waals surface area (Å²) in [6.45, 7) is 3.23. The summed E-state index contributed by atoms with van der Waals surface area (Å²) in [6.07, 6.45) is 3.38. The highest BCUT2D eigenvalue weighted by atomic mass is 15.2. The van der Waals surface area contributed by atoms with Gasteiger partial charge in [0.25, 0.3) is 0 Å². The first-order valence-electron chi connectivity index (χ1n) is 4.21.